The van der Waals surface area contributed by atoms with Crippen LogP contribution in [0, 0.1) is 5.82 Å². The number of aromatic nitrogens is 2. The van der Waals surface area contributed by atoms with Crippen molar-refractivity contribution >= 4 is 5.91 Å². The third-order valence-corrected chi connectivity index (χ3v) is 4.22. The van der Waals surface area contributed by atoms with Crippen molar-refractivity contribution in [3.05, 3.63) is 82.4 Å². The maximum atomic E-state index is 13.9. The molecule has 0 bridgehead atoms. The first-order valence-electron chi connectivity index (χ1n) is 8.80. The van der Waals surface area contributed by atoms with Crippen LogP contribution in [-0.4, -0.2) is 29.3 Å². The zero-order valence-corrected chi connectivity index (χ0v) is 15.4. The van der Waals surface area contributed by atoms with Gasteiger partial charge in [-0.3, -0.25) is 9.59 Å². The molecule has 3 aromatic rings. The van der Waals surface area contributed by atoms with Gasteiger partial charge in [0.1, 0.15) is 18.1 Å². The van der Waals surface area contributed by atoms with E-state index in [-0.39, 0.29) is 18.0 Å². The van der Waals surface area contributed by atoms with Crippen molar-refractivity contribution in [1.82, 2.24) is 15.1 Å². The lowest BCUT2D eigenvalue weighted by molar-refractivity contribution is -0.121. The third kappa shape index (κ3) is 4.62. The fourth-order valence-electron chi connectivity index (χ4n) is 2.81. The van der Waals surface area contributed by atoms with Crippen LogP contribution >= 0.6 is 0 Å². The molecule has 0 radical (unpaired) electrons. The Morgan fingerprint density at radius 2 is 1.86 bits per heavy atom. The summed E-state index contributed by atoms with van der Waals surface area (Å²) in [4.78, 5) is 24.2. The van der Waals surface area contributed by atoms with E-state index in [1.54, 1.807) is 25.3 Å². The van der Waals surface area contributed by atoms with Crippen LogP contribution in [0.5, 0.6) is 5.75 Å². The van der Waals surface area contributed by atoms with E-state index in [1.807, 2.05) is 24.3 Å². The van der Waals surface area contributed by atoms with Crippen molar-refractivity contribution in [2.45, 2.75) is 13.0 Å². The van der Waals surface area contributed by atoms with E-state index in [0.29, 0.717) is 18.7 Å². The molecule has 0 saturated heterocycles. The quantitative estimate of drug-likeness (QED) is 0.682. The Bertz CT molecular complexity index is 1030. The SMILES string of the molecule is COc1ccccc1CCNC(=O)Cn1nc(-c2ccccc2F)ccc1=O. The molecule has 0 spiro atoms. The van der Waals surface area contributed by atoms with Gasteiger partial charge >= 0.3 is 0 Å². The third-order valence-electron chi connectivity index (χ3n) is 4.22. The van der Waals surface area contributed by atoms with Crippen LogP contribution in [0.15, 0.2) is 65.5 Å². The molecule has 0 aliphatic rings. The van der Waals surface area contributed by atoms with Crippen LogP contribution in [0.2, 0.25) is 0 Å². The number of ether oxygens (including phenoxy) is 1. The van der Waals surface area contributed by atoms with Gasteiger partial charge in [0, 0.05) is 18.2 Å². The van der Waals surface area contributed by atoms with Crippen molar-refractivity contribution < 1.29 is 13.9 Å². The molecule has 0 saturated carbocycles. The molecular weight excluding hydrogens is 361 g/mol. The summed E-state index contributed by atoms with van der Waals surface area (Å²) in [6.45, 7) is 0.147. The summed E-state index contributed by atoms with van der Waals surface area (Å²) < 4.78 is 20.3. The maximum absolute atomic E-state index is 13.9. The Morgan fingerprint density at radius 3 is 2.64 bits per heavy atom. The van der Waals surface area contributed by atoms with Gasteiger partial charge in [-0.25, -0.2) is 9.07 Å². The molecule has 0 fully saturated rings. The maximum Gasteiger partial charge on any atom is 0.267 e. The summed E-state index contributed by atoms with van der Waals surface area (Å²) in [6.07, 6.45) is 0.591. The predicted molar refractivity (Wildman–Crippen MR) is 104 cm³/mol. The number of amides is 1. The summed E-state index contributed by atoms with van der Waals surface area (Å²) in [5.74, 6) is -0.0381. The number of hydrogen-bond donors (Lipinski definition) is 1. The topological polar surface area (TPSA) is 73.2 Å². The second-order valence-corrected chi connectivity index (χ2v) is 6.11. The van der Waals surface area contributed by atoms with Crippen LogP contribution in [0.25, 0.3) is 11.3 Å². The summed E-state index contributed by atoms with van der Waals surface area (Å²) in [5.41, 5.74) is 1.11. The Balaban J connectivity index is 1.65. The molecular formula is C21H20FN3O3. The smallest absolute Gasteiger partial charge is 0.267 e. The van der Waals surface area contributed by atoms with Gasteiger partial charge in [-0.1, -0.05) is 30.3 Å². The van der Waals surface area contributed by atoms with Gasteiger partial charge in [0.05, 0.1) is 12.8 Å². The number of halogens is 1. The van der Waals surface area contributed by atoms with Crippen molar-refractivity contribution in [1.29, 1.82) is 0 Å². The Kier molecular flexibility index (Phi) is 6.16. The van der Waals surface area contributed by atoms with E-state index in [9.17, 15) is 14.0 Å². The monoisotopic (exact) mass is 381 g/mol. The Hall–Kier alpha value is -3.48. The van der Waals surface area contributed by atoms with Crippen molar-refractivity contribution in [2.75, 3.05) is 13.7 Å². The first-order chi connectivity index (χ1) is 13.6. The summed E-state index contributed by atoms with van der Waals surface area (Å²) in [6, 6.07) is 16.4. The minimum atomic E-state index is -0.443. The molecule has 3 rings (SSSR count). The van der Waals surface area contributed by atoms with Gasteiger partial charge in [0.2, 0.25) is 5.91 Å². The number of para-hydroxylation sites is 1. The van der Waals surface area contributed by atoms with Crippen LogP contribution in [0.1, 0.15) is 5.56 Å². The Morgan fingerprint density at radius 1 is 1.11 bits per heavy atom. The van der Waals surface area contributed by atoms with E-state index in [2.05, 4.69) is 10.4 Å². The summed E-state index contributed by atoms with van der Waals surface area (Å²) in [7, 11) is 1.60. The van der Waals surface area contributed by atoms with E-state index in [1.165, 1.54) is 18.2 Å². The van der Waals surface area contributed by atoms with E-state index < -0.39 is 11.4 Å². The lowest BCUT2D eigenvalue weighted by Crippen LogP contribution is -2.34. The molecule has 1 amide bonds. The van der Waals surface area contributed by atoms with Gasteiger partial charge in [-0.15, -0.1) is 0 Å². The molecule has 0 unspecified atom stereocenters. The molecule has 1 N–H and O–H groups in total. The number of carbonyl (C=O) groups is 1. The van der Waals surface area contributed by atoms with Crippen molar-refractivity contribution in [2.24, 2.45) is 0 Å². The lowest BCUT2D eigenvalue weighted by Gasteiger charge is -2.10. The minimum Gasteiger partial charge on any atom is -0.496 e. The highest BCUT2D eigenvalue weighted by atomic mass is 19.1. The second kappa shape index (κ2) is 8.94. The molecule has 0 atom stereocenters. The Labute approximate surface area is 161 Å². The number of carbonyl (C=O) groups excluding carboxylic acids is 1. The molecule has 1 aromatic heterocycles. The van der Waals surface area contributed by atoms with E-state index >= 15 is 0 Å². The first kappa shape index (κ1) is 19.3. The highest BCUT2D eigenvalue weighted by Gasteiger charge is 2.10. The van der Waals surface area contributed by atoms with Crippen LogP contribution in [-0.2, 0) is 17.8 Å². The molecule has 6 nitrogen and oxygen atoms in total. The number of methoxy groups -OCH3 is 1. The number of nitrogens with zero attached hydrogens (tertiary/aromatic N) is 2. The molecule has 0 aliphatic carbocycles. The minimum absolute atomic E-state index is 0.243. The number of benzene rings is 2. The van der Waals surface area contributed by atoms with Gasteiger partial charge < -0.3 is 10.1 Å². The average molecular weight is 381 g/mol. The fourth-order valence-corrected chi connectivity index (χ4v) is 2.81. The van der Waals surface area contributed by atoms with Crippen LogP contribution in [0.4, 0.5) is 4.39 Å². The first-order valence-corrected chi connectivity index (χ1v) is 8.80. The predicted octanol–water partition coefficient (Wildman–Crippen LogP) is 2.42. The summed E-state index contributed by atoms with van der Waals surface area (Å²) >= 11 is 0. The van der Waals surface area contributed by atoms with Crippen LogP contribution < -0.4 is 15.6 Å². The van der Waals surface area contributed by atoms with Crippen molar-refractivity contribution in [3.8, 4) is 17.0 Å². The molecule has 28 heavy (non-hydrogen) atoms. The largest absolute Gasteiger partial charge is 0.496 e. The fraction of sp³-hybridized carbons (Fsp3) is 0.190. The lowest BCUT2D eigenvalue weighted by atomic mass is 10.1. The highest BCUT2D eigenvalue weighted by molar-refractivity contribution is 5.75. The molecule has 0 aliphatic heterocycles. The van der Waals surface area contributed by atoms with Gasteiger partial charge in [-0.05, 0) is 36.2 Å². The standard InChI is InChI=1S/C21H20FN3O3/c1-28-19-9-5-2-6-15(19)12-13-23-20(26)14-25-21(27)11-10-18(24-25)16-7-3-4-8-17(16)22/h2-11H,12-14H2,1H3,(H,23,26). The van der Waals surface area contributed by atoms with Gasteiger partial charge in [0.25, 0.3) is 5.56 Å². The average Bonchev–Trinajstić information content (AvgIpc) is 2.70. The zero-order valence-electron chi connectivity index (χ0n) is 15.4. The van der Waals surface area contributed by atoms with Gasteiger partial charge in [0.15, 0.2) is 0 Å². The molecule has 144 valence electrons. The molecule has 1 heterocycles. The van der Waals surface area contributed by atoms with Gasteiger partial charge in [-0.2, -0.15) is 5.10 Å². The van der Waals surface area contributed by atoms with E-state index in [0.717, 1.165) is 16.0 Å². The van der Waals surface area contributed by atoms with Crippen molar-refractivity contribution in [3.63, 3.8) is 0 Å². The second-order valence-electron chi connectivity index (χ2n) is 6.11. The van der Waals surface area contributed by atoms with Crippen LogP contribution in [0.3, 0.4) is 0 Å². The van der Waals surface area contributed by atoms with E-state index in [4.69, 9.17) is 4.74 Å². The number of rotatable bonds is 7. The normalized spacial score (nSPS) is 10.5. The molecule has 7 heteroatoms. The zero-order chi connectivity index (χ0) is 19.9. The molecule has 2 aromatic carbocycles. The number of nitrogens with one attached hydrogen (secondary N) is 1. The summed E-state index contributed by atoms with van der Waals surface area (Å²) in [5, 5.41) is 6.88. The highest BCUT2D eigenvalue weighted by Crippen LogP contribution is 2.19. The number of hydrogen-bond acceptors (Lipinski definition) is 4.